The van der Waals surface area contributed by atoms with Gasteiger partial charge in [0, 0.05) is 30.9 Å². The molecule has 0 aliphatic carbocycles. The minimum Gasteiger partial charge on any atom is -0.384 e. The number of anilines is 1. The van der Waals surface area contributed by atoms with E-state index in [1.165, 1.54) is 24.9 Å². The summed E-state index contributed by atoms with van der Waals surface area (Å²) >= 11 is 0. The van der Waals surface area contributed by atoms with Crippen LogP contribution in [0.3, 0.4) is 0 Å². The van der Waals surface area contributed by atoms with Crippen LogP contribution in [0.4, 0.5) is 5.69 Å². The molecule has 4 nitrogen and oxygen atoms in total. The quantitative estimate of drug-likeness (QED) is 0.875. The van der Waals surface area contributed by atoms with E-state index in [4.69, 9.17) is 0 Å². The van der Waals surface area contributed by atoms with Crippen LogP contribution in [-0.2, 0) is 0 Å². The molecule has 0 radical (unpaired) electrons. The van der Waals surface area contributed by atoms with Crippen LogP contribution in [0.25, 0.3) is 0 Å². The number of piperidine rings is 1. The topological polar surface area (TPSA) is 44.4 Å². The number of carbonyl (C=O) groups excluding carboxylic acids is 1. The molecule has 1 aromatic rings. The second-order valence-corrected chi connectivity index (χ2v) is 6.04. The van der Waals surface area contributed by atoms with Gasteiger partial charge in [-0.15, -0.1) is 0 Å². The molecule has 1 fully saturated rings. The average Bonchev–Trinajstić information content (AvgIpc) is 2.46. The van der Waals surface area contributed by atoms with Crippen LogP contribution in [0.1, 0.15) is 35.7 Å². The Morgan fingerprint density at radius 2 is 2.24 bits per heavy atom. The zero-order chi connectivity index (χ0) is 15.2. The third kappa shape index (κ3) is 4.46. The van der Waals surface area contributed by atoms with Gasteiger partial charge >= 0.3 is 0 Å². The number of hydrogen-bond acceptors (Lipinski definition) is 3. The van der Waals surface area contributed by atoms with Crippen LogP contribution in [0.2, 0.25) is 0 Å². The van der Waals surface area contributed by atoms with Crippen molar-refractivity contribution in [2.24, 2.45) is 5.92 Å². The molecule has 116 valence electrons. The molecule has 1 heterocycles. The van der Waals surface area contributed by atoms with Gasteiger partial charge in [-0.1, -0.05) is 6.07 Å². The fraction of sp³-hybridized carbons (Fsp3) is 0.588. The molecular weight excluding hydrogens is 262 g/mol. The van der Waals surface area contributed by atoms with E-state index in [0.717, 1.165) is 24.3 Å². The lowest BCUT2D eigenvalue weighted by Gasteiger charge is -2.30. The molecule has 1 saturated heterocycles. The molecule has 1 amide bonds. The summed E-state index contributed by atoms with van der Waals surface area (Å²) in [6.07, 6.45) is 2.56. The molecule has 0 saturated carbocycles. The monoisotopic (exact) mass is 289 g/mol. The summed E-state index contributed by atoms with van der Waals surface area (Å²) in [4.78, 5) is 14.3. The highest BCUT2D eigenvalue weighted by Gasteiger charge is 2.17. The third-order valence-electron chi connectivity index (χ3n) is 4.14. The number of benzene rings is 1. The largest absolute Gasteiger partial charge is 0.384 e. The zero-order valence-electron chi connectivity index (χ0n) is 13.4. The van der Waals surface area contributed by atoms with Crippen molar-refractivity contribution >= 4 is 11.6 Å². The van der Waals surface area contributed by atoms with E-state index in [0.29, 0.717) is 12.5 Å². The molecule has 2 rings (SSSR count). The second kappa shape index (κ2) is 7.46. The molecule has 4 heteroatoms. The van der Waals surface area contributed by atoms with Gasteiger partial charge < -0.3 is 15.5 Å². The highest BCUT2D eigenvalue weighted by molar-refractivity contribution is 5.95. The maximum Gasteiger partial charge on any atom is 0.251 e. The summed E-state index contributed by atoms with van der Waals surface area (Å²) in [7, 11) is 2.19. The molecular formula is C17H27N3O. The lowest BCUT2D eigenvalue weighted by atomic mass is 9.98. The smallest absolute Gasteiger partial charge is 0.251 e. The Labute approximate surface area is 127 Å². The second-order valence-electron chi connectivity index (χ2n) is 6.04. The van der Waals surface area contributed by atoms with Gasteiger partial charge in [-0.2, -0.15) is 0 Å². The number of nitrogens with zero attached hydrogens (tertiary/aromatic N) is 1. The van der Waals surface area contributed by atoms with Crippen molar-refractivity contribution in [3.05, 3.63) is 29.3 Å². The average molecular weight is 289 g/mol. The van der Waals surface area contributed by atoms with Crippen molar-refractivity contribution in [2.75, 3.05) is 38.5 Å². The summed E-state index contributed by atoms with van der Waals surface area (Å²) < 4.78 is 0. The minimum absolute atomic E-state index is 0.00190. The van der Waals surface area contributed by atoms with Gasteiger partial charge in [-0.25, -0.2) is 0 Å². The number of carbonyl (C=O) groups is 1. The molecule has 1 aliphatic rings. The third-order valence-corrected chi connectivity index (χ3v) is 4.14. The van der Waals surface area contributed by atoms with Crippen molar-refractivity contribution in [1.29, 1.82) is 0 Å². The van der Waals surface area contributed by atoms with Gasteiger partial charge in [0.1, 0.15) is 0 Å². The van der Waals surface area contributed by atoms with Gasteiger partial charge in [0.2, 0.25) is 0 Å². The summed E-state index contributed by atoms with van der Waals surface area (Å²) in [5.74, 6) is 0.689. The lowest BCUT2D eigenvalue weighted by Crippen LogP contribution is -2.35. The van der Waals surface area contributed by atoms with Crippen molar-refractivity contribution in [1.82, 2.24) is 10.2 Å². The molecule has 1 aromatic carbocycles. The van der Waals surface area contributed by atoms with Crippen LogP contribution in [0.15, 0.2) is 18.2 Å². The van der Waals surface area contributed by atoms with Crippen LogP contribution < -0.4 is 10.6 Å². The van der Waals surface area contributed by atoms with Crippen molar-refractivity contribution in [2.45, 2.75) is 26.7 Å². The molecule has 0 spiro atoms. The van der Waals surface area contributed by atoms with E-state index >= 15 is 0 Å². The molecule has 1 aliphatic heterocycles. The number of hydrogen-bond donors (Lipinski definition) is 2. The van der Waals surface area contributed by atoms with Gasteiger partial charge in [0.25, 0.3) is 5.91 Å². The number of likely N-dealkylation sites (tertiary alicyclic amines) is 1. The standard InChI is InChI=1S/C17H27N3O/c1-4-18-17(21)15-8-7-13(2)16(10-15)19-11-14-6-5-9-20(3)12-14/h7-8,10,14,19H,4-6,9,11-12H2,1-3H3,(H,18,21). The predicted octanol–water partition coefficient (Wildman–Crippen LogP) is 2.50. The van der Waals surface area contributed by atoms with Gasteiger partial charge in [0.15, 0.2) is 0 Å². The van der Waals surface area contributed by atoms with E-state index in [2.05, 4.69) is 29.5 Å². The fourth-order valence-corrected chi connectivity index (χ4v) is 2.91. The summed E-state index contributed by atoms with van der Waals surface area (Å²) in [5.41, 5.74) is 2.99. The highest BCUT2D eigenvalue weighted by atomic mass is 16.1. The Morgan fingerprint density at radius 1 is 1.43 bits per heavy atom. The number of amides is 1. The summed E-state index contributed by atoms with van der Waals surface area (Å²) in [5, 5.41) is 6.38. The molecule has 1 unspecified atom stereocenters. The number of aryl methyl sites for hydroxylation is 1. The Hall–Kier alpha value is -1.55. The minimum atomic E-state index is -0.00190. The molecule has 0 bridgehead atoms. The summed E-state index contributed by atoms with van der Waals surface area (Å²) in [6, 6.07) is 5.87. The Kier molecular flexibility index (Phi) is 5.62. The predicted molar refractivity (Wildman–Crippen MR) is 87.9 cm³/mol. The number of rotatable bonds is 5. The molecule has 0 aromatic heterocycles. The first kappa shape index (κ1) is 15.8. The van der Waals surface area contributed by atoms with Crippen LogP contribution in [0, 0.1) is 12.8 Å². The Balaban J connectivity index is 1.98. The Morgan fingerprint density at radius 3 is 2.95 bits per heavy atom. The van der Waals surface area contributed by atoms with Crippen LogP contribution in [0.5, 0.6) is 0 Å². The number of nitrogens with one attached hydrogen (secondary N) is 2. The first-order valence-electron chi connectivity index (χ1n) is 7.91. The van der Waals surface area contributed by atoms with Crippen molar-refractivity contribution in [3.63, 3.8) is 0 Å². The Bertz CT molecular complexity index is 487. The van der Waals surface area contributed by atoms with E-state index in [9.17, 15) is 4.79 Å². The summed E-state index contributed by atoms with van der Waals surface area (Å²) in [6.45, 7) is 8.01. The van der Waals surface area contributed by atoms with Crippen molar-refractivity contribution in [3.8, 4) is 0 Å². The molecule has 1 atom stereocenters. The van der Waals surface area contributed by atoms with E-state index in [-0.39, 0.29) is 5.91 Å². The normalized spacial score (nSPS) is 19.3. The maximum absolute atomic E-state index is 11.9. The SMILES string of the molecule is CCNC(=O)c1ccc(C)c(NCC2CCCN(C)C2)c1. The van der Waals surface area contributed by atoms with Gasteiger partial charge in [-0.05, 0) is 63.9 Å². The van der Waals surface area contributed by atoms with E-state index < -0.39 is 0 Å². The lowest BCUT2D eigenvalue weighted by molar-refractivity contribution is 0.0956. The van der Waals surface area contributed by atoms with E-state index in [1.54, 1.807) is 0 Å². The van der Waals surface area contributed by atoms with E-state index in [1.807, 2.05) is 25.1 Å². The highest BCUT2D eigenvalue weighted by Crippen LogP contribution is 2.20. The van der Waals surface area contributed by atoms with Gasteiger partial charge in [0.05, 0.1) is 0 Å². The van der Waals surface area contributed by atoms with Crippen LogP contribution in [-0.4, -0.2) is 44.0 Å². The maximum atomic E-state index is 11.9. The van der Waals surface area contributed by atoms with Crippen LogP contribution >= 0.6 is 0 Å². The van der Waals surface area contributed by atoms with Gasteiger partial charge in [-0.3, -0.25) is 4.79 Å². The molecule has 2 N–H and O–H groups in total. The fourth-order valence-electron chi connectivity index (χ4n) is 2.91. The first-order valence-corrected chi connectivity index (χ1v) is 7.91. The first-order chi connectivity index (χ1) is 10.1. The molecule has 21 heavy (non-hydrogen) atoms. The van der Waals surface area contributed by atoms with Crippen molar-refractivity contribution < 1.29 is 4.79 Å². The zero-order valence-corrected chi connectivity index (χ0v) is 13.4.